The van der Waals surface area contributed by atoms with Gasteiger partial charge in [0.25, 0.3) is 0 Å². The Morgan fingerprint density at radius 3 is 2.44 bits per heavy atom. The second-order valence-corrected chi connectivity index (χ2v) is 8.50. The normalized spacial score (nSPS) is 23.0. The lowest BCUT2D eigenvalue weighted by molar-refractivity contribution is -0.266. The van der Waals surface area contributed by atoms with E-state index in [1.165, 1.54) is 11.0 Å². The largest absolute Gasteiger partial charge is 0.496 e. The number of nitrogens with one attached hydrogen (secondary N) is 1. The third-order valence-corrected chi connectivity index (χ3v) is 5.76. The minimum Gasteiger partial charge on any atom is -0.496 e. The first-order chi connectivity index (χ1) is 14.7. The summed E-state index contributed by atoms with van der Waals surface area (Å²) in [6.45, 7) is -0.765. The molecule has 0 aromatic heterocycles. The minimum absolute atomic E-state index is 0.0232. The summed E-state index contributed by atoms with van der Waals surface area (Å²) in [6.07, 6.45) is -15.2. The molecule has 182 valence electrons. The zero-order valence-electron chi connectivity index (χ0n) is 17.5. The molecule has 0 aliphatic carbocycles. The average Bonchev–Trinajstić information content (AvgIpc) is 2.65. The highest BCUT2D eigenvalue weighted by Crippen LogP contribution is 2.38. The van der Waals surface area contributed by atoms with E-state index in [1.54, 1.807) is 14.1 Å². The molecule has 2 rings (SSSR count). The number of aliphatic hydroxyl groups is 1. The van der Waals surface area contributed by atoms with E-state index >= 15 is 0 Å². The fourth-order valence-corrected chi connectivity index (χ4v) is 4.03. The van der Waals surface area contributed by atoms with Gasteiger partial charge < -0.3 is 24.2 Å². The molecule has 1 saturated heterocycles. The van der Waals surface area contributed by atoms with Crippen LogP contribution in [0.3, 0.4) is 0 Å². The number of ether oxygens (including phenoxy) is 3. The fraction of sp³-hybridized carbons (Fsp3) is 0.632. The fourth-order valence-electron chi connectivity index (χ4n) is 3.06. The molecule has 6 nitrogen and oxygen atoms in total. The Bertz CT molecular complexity index is 790. The lowest BCUT2D eigenvalue weighted by Gasteiger charge is -2.37. The van der Waals surface area contributed by atoms with Gasteiger partial charge in [-0.1, -0.05) is 17.8 Å². The number of methoxy groups -OCH3 is 1. The van der Waals surface area contributed by atoms with E-state index in [2.05, 4.69) is 4.74 Å². The molecule has 0 spiro atoms. The molecule has 1 fully saturated rings. The van der Waals surface area contributed by atoms with Gasteiger partial charge in [-0.25, -0.2) is 0 Å². The molecule has 13 heteroatoms. The van der Waals surface area contributed by atoms with Crippen LogP contribution in [-0.4, -0.2) is 66.3 Å². The zero-order valence-corrected chi connectivity index (χ0v) is 18.3. The van der Waals surface area contributed by atoms with Gasteiger partial charge in [-0.05, 0) is 17.7 Å². The number of halogens is 6. The number of thioether (sulfide) groups is 1. The number of nitrogens with zero attached hydrogens (tertiary/aromatic N) is 1. The molecule has 0 radical (unpaired) electrons. The molecule has 1 aliphatic heterocycles. The van der Waals surface area contributed by atoms with Crippen molar-refractivity contribution in [2.24, 2.45) is 0 Å². The van der Waals surface area contributed by atoms with Crippen molar-refractivity contribution in [1.82, 2.24) is 4.90 Å². The highest BCUT2D eigenvalue weighted by Gasteiger charge is 2.49. The Morgan fingerprint density at radius 1 is 1.25 bits per heavy atom. The molecular weight excluding hydrogens is 466 g/mol. The number of benzene rings is 1. The molecule has 1 aromatic rings. The maximum Gasteiger partial charge on any atom is 0.419 e. The number of aliphatic hydroxyl groups excluding tert-OH is 1. The van der Waals surface area contributed by atoms with Crippen molar-refractivity contribution >= 4 is 16.9 Å². The SMILES string of the molecule is COc1ccc(CO[C@H](C2C[C@H](O)CC(SC(=N)N(C)C)O2)C(F)(F)F)cc1C(F)(F)F. The van der Waals surface area contributed by atoms with Gasteiger partial charge in [-0.15, -0.1) is 0 Å². The third-order valence-electron chi connectivity index (χ3n) is 4.60. The maximum absolute atomic E-state index is 13.7. The number of alkyl halides is 6. The minimum atomic E-state index is -4.90. The number of rotatable bonds is 6. The van der Waals surface area contributed by atoms with Gasteiger partial charge in [-0.2, -0.15) is 26.3 Å². The summed E-state index contributed by atoms with van der Waals surface area (Å²) in [5.74, 6) is -0.462. The molecule has 0 amide bonds. The standard InChI is InChI=1S/C19H24F6N2O4S/c1-27(2)17(26)32-15-8-11(28)7-14(31-15)16(19(23,24)25)30-9-10-4-5-13(29-3)12(6-10)18(20,21)22/h4-6,11,14-16,26,28H,7-9H2,1-3H3/t11-,14?,15?,16+/m0/s1. The summed E-state index contributed by atoms with van der Waals surface area (Å²) >= 11 is 0.853. The van der Waals surface area contributed by atoms with Gasteiger partial charge in [-0.3, -0.25) is 5.41 Å². The van der Waals surface area contributed by atoms with Crippen LogP contribution < -0.4 is 4.74 Å². The Labute approximate surface area is 185 Å². The highest BCUT2D eigenvalue weighted by molar-refractivity contribution is 8.14. The van der Waals surface area contributed by atoms with Crippen LogP contribution >= 0.6 is 11.8 Å². The molecule has 2 N–H and O–H groups in total. The topological polar surface area (TPSA) is 75.0 Å². The van der Waals surface area contributed by atoms with E-state index in [9.17, 15) is 31.4 Å². The van der Waals surface area contributed by atoms with Crippen LogP contribution in [0.1, 0.15) is 24.0 Å². The van der Waals surface area contributed by atoms with Gasteiger partial charge in [0.15, 0.2) is 11.3 Å². The number of hydrogen-bond acceptors (Lipinski definition) is 6. The van der Waals surface area contributed by atoms with Crippen molar-refractivity contribution in [3.63, 3.8) is 0 Å². The zero-order chi connectivity index (χ0) is 24.3. The molecule has 1 aromatic carbocycles. The monoisotopic (exact) mass is 490 g/mol. The van der Waals surface area contributed by atoms with Crippen LogP contribution in [0.15, 0.2) is 18.2 Å². The van der Waals surface area contributed by atoms with Gasteiger partial charge in [0.05, 0.1) is 31.5 Å². The molecule has 2 unspecified atom stereocenters. The van der Waals surface area contributed by atoms with E-state index in [4.69, 9.17) is 14.9 Å². The Balaban J connectivity index is 2.18. The van der Waals surface area contributed by atoms with Crippen molar-refractivity contribution in [3.05, 3.63) is 29.3 Å². The van der Waals surface area contributed by atoms with Gasteiger partial charge >= 0.3 is 12.4 Å². The van der Waals surface area contributed by atoms with Crippen LogP contribution in [0.25, 0.3) is 0 Å². The Kier molecular flexibility index (Phi) is 8.70. The first-order valence-electron chi connectivity index (χ1n) is 9.40. The Morgan fingerprint density at radius 2 is 1.91 bits per heavy atom. The van der Waals surface area contributed by atoms with E-state index in [1.807, 2.05) is 0 Å². The van der Waals surface area contributed by atoms with Crippen molar-refractivity contribution in [3.8, 4) is 5.75 Å². The summed E-state index contributed by atoms with van der Waals surface area (Å²) in [5, 5.41) is 17.9. The average molecular weight is 490 g/mol. The first kappa shape index (κ1) is 26.6. The summed E-state index contributed by atoms with van der Waals surface area (Å²) in [7, 11) is 4.21. The van der Waals surface area contributed by atoms with Crippen LogP contribution in [0.4, 0.5) is 26.3 Å². The van der Waals surface area contributed by atoms with Crippen molar-refractivity contribution in [2.75, 3.05) is 21.2 Å². The third kappa shape index (κ3) is 7.15. The van der Waals surface area contributed by atoms with Crippen molar-refractivity contribution in [2.45, 2.75) is 55.5 Å². The number of amidine groups is 1. The maximum atomic E-state index is 13.7. The van der Waals surface area contributed by atoms with Crippen LogP contribution in [0.2, 0.25) is 0 Å². The summed E-state index contributed by atoms with van der Waals surface area (Å²) < 4.78 is 95.7. The van der Waals surface area contributed by atoms with E-state index in [0.717, 1.165) is 24.9 Å². The lowest BCUT2D eigenvalue weighted by atomic mass is 10.0. The number of hydrogen-bond donors (Lipinski definition) is 2. The predicted molar refractivity (Wildman–Crippen MR) is 106 cm³/mol. The molecule has 0 bridgehead atoms. The first-order valence-corrected chi connectivity index (χ1v) is 10.3. The van der Waals surface area contributed by atoms with Crippen LogP contribution in [-0.2, 0) is 22.3 Å². The van der Waals surface area contributed by atoms with Crippen molar-refractivity contribution in [1.29, 1.82) is 5.41 Å². The molecule has 1 heterocycles. The second-order valence-electron chi connectivity index (χ2n) is 7.35. The lowest BCUT2D eigenvalue weighted by Crippen LogP contribution is -2.49. The molecule has 4 atom stereocenters. The van der Waals surface area contributed by atoms with E-state index in [0.29, 0.717) is 6.07 Å². The Hall–Kier alpha value is -1.70. The molecular formula is C19H24F6N2O4S. The smallest absolute Gasteiger partial charge is 0.419 e. The summed E-state index contributed by atoms with van der Waals surface area (Å²) in [5.41, 5.74) is -2.18. The molecule has 32 heavy (non-hydrogen) atoms. The van der Waals surface area contributed by atoms with Crippen LogP contribution in [0.5, 0.6) is 5.75 Å². The van der Waals surface area contributed by atoms with Crippen molar-refractivity contribution < 1.29 is 45.7 Å². The summed E-state index contributed by atoms with van der Waals surface area (Å²) in [6, 6.07) is 2.85. The van der Waals surface area contributed by atoms with E-state index < -0.39 is 54.0 Å². The van der Waals surface area contributed by atoms with Gasteiger partial charge in [0, 0.05) is 26.9 Å². The summed E-state index contributed by atoms with van der Waals surface area (Å²) in [4.78, 5) is 1.43. The molecule has 1 aliphatic rings. The predicted octanol–water partition coefficient (Wildman–Crippen LogP) is 4.26. The van der Waals surface area contributed by atoms with Gasteiger partial charge in [0.2, 0.25) is 0 Å². The quantitative estimate of drug-likeness (QED) is 0.353. The van der Waals surface area contributed by atoms with E-state index in [-0.39, 0.29) is 23.6 Å². The molecule has 0 saturated carbocycles. The van der Waals surface area contributed by atoms with Gasteiger partial charge in [0.1, 0.15) is 11.2 Å². The highest BCUT2D eigenvalue weighted by atomic mass is 32.2. The van der Waals surface area contributed by atoms with Crippen LogP contribution in [0, 0.1) is 5.41 Å². The second kappa shape index (κ2) is 10.5.